The van der Waals surface area contributed by atoms with E-state index in [0.29, 0.717) is 6.04 Å². The van der Waals surface area contributed by atoms with E-state index in [9.17, 15) is 0 Å². The van der Waals surface area contributed by atoms with E-state index in [-0.39, 0.29) is 0 Å². The predicted molar refractivity (Wildman–Crippen MR) is 76.7 cm³/mol. The fourth-order valence-corrected chi connectivity index (χ4v) is 1.76. The second-order valence-electron chi connectivity index (χ2n) is 4.58. The van der Waals surface area contributed by atoms with Gasteiger partial charge in [-0.2, -0.15) is 0 Å². The van der Waals surface area contributed by atoms with Gasteiger partial charge >= 0.3 is 0 Å². The maximum Gasteiger partial charge on any atom is 0.119 e. The maximum atomic E-state index is 5.70. The minimum absolute atomic E-state index is 0.574. The van der Waals surface area contributed by atoms with Crippen molar-refractivity contribution in [2.45, 2.75) is 39.7 Å². The van der Waals surface area contributed by atoms with Crippen LogP contribution in [0.1, 0.15) is 32.3 Å². The first-order chi connectivity index (χ1) is 8.09. The van der Waals surface area contributed by atoms with Gasteiger partial charge in [0.1, 0.15) is 5.75 Å². The molecule has 0 unspecified atom stereocenters. The lowest BCUT2D eigenvalue weighted by Gasteiger charge is -2.09. The molecule has 0 aliphatic rings. The second kappa shape index (κ2) is 7.72. The molecule has 1 rings (SSSR count). The summed E-state index contributed by atoms with van der Waals surface area (Å²) in [6.45, 7) is 8.27. The Morgan fingerprint density at radius 1 is 1.29 bits per heavy atom. The summed E-state index contributed by atoms with van der Waals surface area (Å²) in [7, 11) is 0. The molecule has 96 valence electrons. The molecular formula is C14H22BrNO. The average Bonchev–Trinajstić information content (AvgIpc) is 2.27. The van der Waals surface area contributed by atoms with Crippen LogP contribution < -0.4 is 10.1 Å². The van der Waals surface area contributed by atoms with Crippen molar-refractivity contribution in [1.29, 1.82) is 0 Å². The maximum absolute atomic E-state index is 5.70. The summed E-state index contributed by atoms with van der Waals surface area (Å²) in [6.07, 6.45) is 2.25. The molecule has 0 spiro atoms. The van der Waals surface area contributed by atoms with Crippen LogP contribution >= 0.6 is 15.9 Å². The van der Waals surface area contributed by atoms with E-state index in [0.717, 1.165) is 36.2 Å². The van der Waals surface area contributed by atoms with E-state index in [1.165, 1.54) is 5.56 Å². The van der Waals surface area contributed by atoms with Crippen molar-refractivity contribution >= 4 is 15.9 Å². The first kappa shape index (κ1) is 14.5. The lowest BCUT2D eigenvalue weighted by Crippen LogP contribution is -2.23. The number of halogens is 1. The highest BCUT2D eigenvalue weighted by Crippen LogP contribution is 2.21. The Labute approximate surface area is 113 Å². The molecule has 0 radical (unpaired) electrons. The number of ether oxygens (including phenoxy) is 1. The van der Waals surface area contributed by atoms with E-state index < -0.39 is 0 Å². The lowest BCUT2D eigenvalue weighted by atomic mass is 10.2. The van der Waals surface area contributed by atoms with Gasteiger partial charge in [-0.05, 0) is 50.1 Å². The van der Waals surface area contributed by atoms with Crippen LogP contribution in [0.5, 0.6) is 5.75 Å². The number of benzene rings is 1. The molecule has 1 aromatic carbocycles. The topological polar surface area (TPSA) is 21.3 Å². The third-order valence-electron chi connectivity index (χ3n) is 2.52. The molecular weight excluding hydrogens is 278 g/mol. The molecule has 0 saturated heterocycles. The fourth-order valence-electron chi connectivity index (χ4n) is 1.51. The standard InChI is InChI=1S/C14H22BrNO/c1-11(2)16-8-4-5-9-17-13-6-7-14(15)12(3)10-13/h6-7,10-11,16H,4-5,8-9H2,1-3H3. The molecule has 0 aliphatic heterocycles. The largest absolute Gasteiger partial charge is 0.494 e. The number of rotatable bonds is 7. The third kappa shape index (κ3) is 6.08. The van der Waals surface area contributed by atoms with E-state index in [1.54, 1.807) is 0 Å². The molecule has 17 heavy (non-hydrogen) atoms. The van der Waals surface area contributed by atoms with Gasteiger partial charge in [-0.1, -0.05) is 29.8 Å². The van der Waals surface area contributed by atoms with E-state index in [1.807, 2.05) is 12.1 Å². The lowest BCUT2D eigenvalue weighted by molar-refractivity contribution is 0.305. The molecule has 0 bridgehead atoms. The van der Waals surface area contributed by atoms with Crippen molar-refractivity contribution in [2.75, 3.05) is 13.2 Å². The predicted octanol–water partition coefficient (Wildman–Crippen LogP) is 3.91. The van der Waals surface area contributed by atoms with Gasteiger partial charge in [-0.25, -0.2) is 0 Å². The van der Waals surface area contributed by atoms with Crippen LogP contribution in [-0.4, -0.2) is 19.2 Å². The van der Waals surface area contributed by atoms with Gasteiger partial charge in [-0.3, -0.25) is 0 Å². The van der Waals surface area contributed by atoms with Crippen LogP contribution in [0.3, 0.4) is 0 Å². The molecule has 1 N–H and O–H groups in total. The van der Waals surface area contributed by atoms with Crippen LogP contribution in [0.2, 0.25) is 0 Å². The Balaban J connectivity index is 2.16. The fraction of sp³-hybridized carbons (Fsp3) is 0.571. The van der Waals surface area contributed by atoms with Gasteiger partial charge in [0.25, 0.3) is 0 Å². The minimum Gasteiger partial charge on any atom is -0.494 e. The quantitative estimate of drug-likeness (QED) is 0.771. The third-order valence-corrected chi connectivity index (χ3v) is 3.41. The average molecular weight is 300 g/mol. The molecule has 0 aromatic heterocycles. The van der Waals surface area contributed by atoms with Crippen LogP contribution in [0.25, 0.3) is 0 Å². The van der Waals surface area contributed by atoms with Crippen molar-refractivity contribution in [3.63, 3.8) is 0 Å². The molecule has 0 atom stereocenters. The number of unbranched alkanes of at least 4 members (excludes halogenated alkanes) is 1. The molecule has 1 aromatic rings. The normalized spacial score (nSPS) is 10.9. The highest BCUT2D eigenvalue weighted by Gasteiger charge is 1.98. The molecule has 3 heteroatoms. The summed E-state index contributed by atoms with van der Waals surface area (Å²) in [6, 6.07) is 6.68. The molecule has 0 saturated carbocycles. The Kier molecular flexibility index (Phi) is 6.60. The summed E-state index contributed by atoms with van der Waals surface area (Å²) < 4.78 is 6.83. The van der Waals surface area contributed by atoms with Crippen molar-refractivity contribution in [1.82, 2.24) is 5.32 Å². The molecule has 2 nitrogen and oxygen atoms in total. The summed E-state index contributed by atoms with van der Waals surface area (Å²) in [4.78, 5) is 0. The molecule has 0 heterocycles. The minimum atomic E-state index is 0.574. The zero-order chi connectivity index (χ0) is 12.7. The van der Waals surface area contributed by atoms with Gasteiger partial charge in [0.2, 0.25) is 0 Å². The zero-order valence-electron chi connectivity index (χ0n) is 10.9. The number of nitrogens with one attached hydrogen (secondary N) is 1. The van der Waals surface area contributed by atoms with Crippen LogP contribution in [0.4, 0.5) is 0 Å². The Hall–Kier alpha value is -0.540. The first-order valence-electron chi connectivity index (χ1n) is 6.22. The van der Waals surface area contributed by atoms with Gasteiger partial charge in [0.05, 0.1) is 6.61 Å². The van der Waals surface area contributed by atoms with Crippen LogP contribution in [0.15, 0.2) is 22.7 Å². The van der Waals surface area contributed by atoms with Crippen molar-refractivity contribution in [3.8, 4) is 5.75 Å². The number of hydrogen-bond donors (Lipinski definition) is 1. The molecule has 0 fully saturated rings. The zero-order valence-corrected chi connectivity index (χ0v) is 12.5. The Morgan fingerprint density at radius 2 is 2.06 bits per heavy atom. The van der Waals surface area contributed by atoms with Gasteiger partial charge in [0, 0.05) is 10.5 Å². The summed E-state index contributed by atoms with van der Waals surface area (Å²) in [5.41, 5.74) is 1.21. The summed E-state index contributed by atoms with van der Waals surface area (Å²) in [5, 5.41) is 3.40. The summed E-state index contributed by atoms with van der Waals surface area (Å²) >= 11 is 3.48. The first-order valence-corrected chi connectivity index (χ1v) is 7.01. The van der Waals surface area contributed by atoms with Gasteiger partial charge in [-0.15, -0.1) is 0 Å². The van der Waals surface area contributed by atoms with Gasteiger partial charge < -0.3 is 10.1 Å². The van der Waals surface area contributed by atoms with E-state index >= 15 is 0 Å². The van der Waals surface area contributed by atoms with Crippen LogP contribution in [0, 0.1) is 6.92 Å². The Morgan fingerprint density at radius 3 is 2.71 bits per heavy atom. The SMILES string of the molecule is Cc1cc(OCCCCNC(C)C)ccc1Br. The second-order valence-corrected chi connectivity index (χ2v) is 5.43. The monoisotopic (exact) mass is 299 g/mol. The number of hydrogen-bond acceptors (Lipinski definition) is 2. The van der Waals surface area contributed by atoms with Crippen LogP contribution in [-0.2, 0) is 0 Å². The smallest absolute Gasteiger partial charge is 0.119 e. The highest BCUT2D eigenvalue weighted by molar-refractivity contribution is 9.10. The Bertz CT molecular complexity index is 339. The van der Waals surface area contributed by atoms with Gasteiger partial charge in [0.15, 0.2) is 0 Å². The number of aryl methyl sites for hydroxylation is 1. The molecule has 0 aliphatic carbocycles. The van der Waals surface area contributed by atoms with E-state index in [4.69, 9.17) is 4.74 Å². The highest BCUT2D eigenvalue weighted by atomic mass is 79.9. The van der Waals surface area contributed by atoms with Crippen molar-refractivity contribution in [3.05, 3.63) is 28.2 Å². The van der Waals surface area contributed by atoms with Crippen molar-refractivity contribution < 1.29 is 4.74 Å². The summed E-state index contributed by atoms with van der Waals surface area (Å²) in [5.74, 6) is 0.961. The molecule has 0 amide bonds. The van der Waals surface area contributed by atoms with E-state index in [2.05, 4.69) is 48.1 Å². The van der Waals surface area contributed by atoms with Crippen molar-refractivity contribution in [2.24, 2.45) is 0 Å².